The van der Waals surface area contributed by atoms with E-state index in [1.807, 2.05) is 48.4 Å². The standard InChI is InChI=1S/C25H26N4O2S/c1-3-28(4-2)25(31)16-10-12-17(13-11-16)29-19-7-5-8-20(30)23(19)22(18(15-26)24(29)27)21-9-6-14-32-21/h6,9-14,22H,3-5,7-8,27H2,1-2H3. The Kier molecular flexibility index (Phi) is 6.15. The highest BCUT2D eigenvalue weighted by atomic mass is 32.1. The van der Waals surface area contributed by atoms with Crippen LogP contribution in [0.3, 0.4) is 0 Å². The molecule has 1 amide bonds. The Bertz CT molecular complexity index is 1140. The molecular formula is C25H26N4O2S. The van der Waals surface area contributed by atoms with Gasteiger partial charge in [-0.15, -0.1) is 11.3 Å². The van der Waals surface area contributed by atoms with Crippen molar-refractivity contribution in [2.24, 2.45) is 5.73 Å². The van der Waals surface area contributed by atoms with E-state index >= 15 is 0 Å². The number of anilines is 1. The zero-order valence-corrected chi connectivity index (χ0v) is 19.1. The highest BCUT2D eigenvalue weighted by Crippen LogP contribution is 2.47. The summed E-state index contributed by atoms with van der Waals surface area (Å²) >= 11 is 1.53. The van der Waals surface area contributed by atoms with Crippen molar-refractivity contribution in [3.63, 3.8) is 0 Å². The van der Waals surface area contributed by atoms with Gasteiger partial charge >= 0.3 is 0 Å². The Morgan fingerprint density at radius 1 is 1.22 bits per heavy atom. The molecule has 1 aromatic carbocycles. The highest BCUT2D eigenvalue weighted by Gasteiger charge is 2.40. The van der Waals surface area contributed by atoms with E-state index in [1.54, 1.807) is 17.0 Å². The van der Waals surface area contributed by atoms with Crippen molar-refractivity contribution in [3.8, 4) is 6.07 Å². The van der Waals surface area contributed by atoms with Crippen LogP contribution >= 0.6 is 11.3 Å². The molecule has 1 aliphatic carbocycles. The van der Waals surface area contributed by atoms with Gasteiger partial charge in [-0.05, 0) is 62.4 Å². The van der Waals surface area contributed by atoms with Crippen LogP contribution in [0.15, 0.2) is 64.4 Å². The topological polar surface area (TPSA) is 90.4 Å². The maximum absolute atomic E-state index is 13.1. The van der Waals surface area contributed by atoms with Gasteiger partial charge in [0.05, 0.1) is 17.6 Å². The van der Waals surface area contributed by atoms with E-state index in [-0.39, 0.29) is 11.7 Å². The maximum Gasteiger partial charge on any atom is 0.253 e. The first-order valence-electron chi connectivity index (χ1n) is 10.9. The monoisotopic (exact) mass is 446 g/mol. The molecule has 6 nitrogen and oxygen atoms in total. The minimum Gasteiger partial charge on any atom is -0.384 e. The normalized spacial score (nSPS) is 18.5. The van der Waals surface area contributed by atoms with Crippen LogP contribution in [-0.4, -0.2) is 29.7 Å². The molecule has 1 atom stereocenters. The summed E-state index contributed by atoms with van der Waals surface area (Å²) in [6.45, 7) is 5.20. The first-order valence-corrected chi connectivity index (χ1v) is 11.8. The SMILES string of the molecule is CCN(CC)C(=O)c1ccc(N2C(N)=C(C#N)C(c3cccs3)C3=C2CCCC3=O)cc1. The molecule has 1 aromatic heterocycles. The van der Waals surface area contributed by atoms with Gasteiger partial charge in [-0.2, -0.15) is 5.26 Å². The number of Topliss-reactive ketones (excluding diaryl/α,β-unsaturated/α-hetero) is 1. The fraction of sp³-hybridized carbons (Fsp3) is 0.320. The van der Waals surface area contributed by atoms with Crippen LogP contribution < -0.4 is 10.6 Å². The first-order chi connectivity index (χ1) is 15.5. The van der Waals surface area contributed by atoms with Crippen molar-refractivity contribution < 1.29 is 9.59 Å². The number of nitriles is 1. The highest BCUT2D eigenvalue weighted by molar-refractivity contribution is 7.10. The van der Waals surface area contributed by atoms with Crippen molar-refractivity contribution in [2.45, 2.75) is 39.0 Å². The molecule has 0 bridgehead atoms. The number of carbonyl (C=O) groups excluding carboxylic acids is 2. The lowest BCUT2D eigenvalue weighted by atomic mass is 9.78. The summed E-state index contributed by atoms with van der Waals surface area (Å²) in [5.41, 5.74) is 9.85. The van der Waals surface area contributed by atoms with Crippen LogP contribution in [0, 0.1) is 11.3 Å². The van der Waals surface area contributed by atoms with Crippen LogP contribution in [0.1, 0.15) is 54.3 Å². The molecule has 0 fully saturated rings. The predicted molar refractivity (Wildman–Crippen MR) is 126 cm³/mol. The predicted octanol–water partition coefficient (Wildman–Crippen LogP) is 4.53. The molecule has 7 heteroatoms. The third-order valence-electron chi connectivity index (χ3n) is 6.16. The quantitative estimate of drug-likeness (QED) is 0.728. The molecule has 32 heavy (non-hydrogen) atoms. The van der Waals surface area contributed by atoms with E-state index in [0.717, 1.165) is 22.7 Å². The Labute approximate surface area is 192 Å². The van der Waals surface area contributed by atoms with Crippen molar-refractivity contribution in [1.29, 1.82) is 5.26 Å². The molecule has 0 saturated carbocycles. The molecule has 1 unspecified atom stereocenters. The number of nitrogens with two attached hydrogens (primary N) is 1. The average Bonchev–Trinajstić information content (AvgIpc) is 3.34. The second-order valence-corrected chi connectivity index (χ2v) is 8.84. The Morgan fingerprint density at radius 2 is 1.94 bits per heavy atom. The minimum absolute atomic E-state index is 0.0214. The molecule has 2 N–H and O–H groups in total. The van der Waals surface area contributed by atoms with Crippen molar-refractivity contribution in [2.75, 3.05) is 18.0 Å². The lowest BCUT2D eigenvalue weighted by Gasteiger charge is -2.39. The summed E-state index contributed by atoms with van der Waals surface area (Å²) in [5.74, 6) is -0.0140. The molecule has 4 rings (SSSR count). The van der Waals surface area contributed by atoms with E-state index in [4.69, 9.17) is 5.73 Å². The van der Waals surface area contributed by atoms with Gasteiger partial charge < -0.3 is 10.6 Å². The van der Waals surface area contributed by atoms with Crippen LogP contribution in [0.2, 0.25) is 0 Å². The van der Waals surface area contributed by atoms with Gasteiger partial charge in [0, 0.05) is 46.9 Å². The van der Waals surface area contributed by atoms with Gasteiger partial charge in [-0.3, -0.25) is 14.5 Å². The van der Waals surface area contributed by atoms with E-state index in [2.05, 4.69) is 6.07 Å². The van der Waals surface area contributed by atoms with Crippen molar-refractivity contribution in [1.82, 2.24) is 4.90 Å². The number of hydrogen-bond donors (Lipinski definition) is 1. The van der Waals surface area contributed by atoms with Gasteiger partial charge in [0.15, 0.2) is 5.78 Å². The van der Waals surface area contributed by atoms with Crippen molar-refractivity contribution >= 4 is 28.7 Å². The van der Waals surface area contributed by atoms with Crippen molar-refractivity contribution in [3.05, 3.63) is 74.9 Å². The number of nitrogens with zero attached hydrogens (tertiary/aromatic N) is 3. The van der Waals surface area contributed by atoms with Crippen LogP contribution in [0.5, 0.6) is 0 Å². The number of hydrogen-bond acceptors (Lipinski definition) is 6. The Balaban J connectivity index is 1.80. The first kappa shape index (κ1) is 21.8. The summed E-state index contributed by atoms with van der Waals surface area (Å²) < 4.78 is 0. The third kappa shape index (κ3) is 3.61. The smallest absolute Gasteiger partial charge is 0.253 e. The van der Waals surface area contributed by atoms with E-state index in [1.165, 1.54) is 11.3 Å². The largest absolute Gasteiger partial charge is 0.384 e. The molecule has 0 spiro atoms. The number of ketones is 1. The molecule has 164 valence electrons. The van der Waals surface area contributed by atoms with Crippen LogP contribution in [0.25, 0.3) is 0 Å². The second-order valence-electron chi connectivity index (χ2n) is 7.86. The summed E-state index contributed by atoms with van der Waals surface area (Å²) in [6.07, 6.45) is 1.94. The van der Waals surface area contributed by atoms with E-state index in [0.29, 0.717) is 48.5 Å². The van der Waals surface area contributed by atoms with Gasteiger partial charge in [0.25, 0.3) is 5.91 Å². The number of carbonyl (C=O) groups is 2. The second kappa shape index (κ2) is 9.01. The number of thiophene rings is 1. The molecule has 1 aliphatic heterocycles. The van der Waals surface area contributed by atoms with Crippen LogP contribution in [0.4, 0.5) is 5.69 Å². The van der Waals surface area contributed by atoms with Gasteiger partial charge in [-0.1, -0.05) is 6.07 Å². The fourth-order valence-corrected chi connectivity index (χ4v) is 5.41. The zero-order valence-electron chi connectivity index (χ0n) is 18.3. The summed E-state index contributed by atoms with van der Waals surface area (Å²) in [7, 11) is 0. The number of amides is 1. The summed E-state index contributed by atoms with van der Waals surface area (Å²) in [5, 5.41) is 12.0. The Hall–Kier alpha value is -3.37. The van der Waals surface area contributed by atoms with E-state index < -0.39 is 5.92 Å². The molecule has 0 radical (unpaired) electrons. The van der Waals surface area contributed by atoms with Gasteiger partial charge in [-0.25, -0.2) is 0 Å². The zero-order chi connectivity index (χ0) is 22.8. The molecule has 2 aromatic rings. The lowest BCUT2D eigenvalue weighted by Crippen LogP contribution is -2.38. The lowest BCUT2D eigenvalue weighted by molar-refractivity contribution is -0.116. The third-order valence-corrected chi connectivity index (χ3v) is 7.10. The van der Waals surface area contributed by atoms with Gasteiger partial charge in [0.2, 0.25) is 0 Å². The van der Waals surface area contributed by atoms with Crippen LogP contribution in [-0.2, 0) is 4.79 Å². The van der Waals surface area contributed by atoms with E-state index in [9.17, 15) is 14.9 Å². The fourth-order valence-electron chi connectivity index (χ4n) is 4.57. The number of benzene rings is 1. The molecule has 0 saturated heterocycles. The molecule has 2 heterocycles. The summed E-state index contributed by atoms with van der Waals surface area (Å²) in [4.78, 5) is 30.3. The van der Waals surface area contributed by atoms with Gasteiger partial charge in [0.1, 0.15) is 5.82 Å². The minimum atomic E-state index is -0.414. The maximum atomic E-state index is 13.1. The molecule has 2 aliphatic rings. The average molecular weight is 447 g/mol. The number of rotatable bonds is 5. The molecular weight excluding hydrogens is 420 g/mol. The number of allylic oxidation sites excluding steroid dienone is 3. The Morgan fingerprint density at radius 3 is 2.53 bits per heavy atom. The summed E-state index contributed by atoms with van der Waals surface area (Å²) in [6, 6.07) is 13.4.